The second kappa shape index (κ2) is 8.95. The van der Waals surface area contributed by atoms with Crippen LogP contribution in [0.4, 0.5) is 5.00 Å². The Bertz CT molecular complexity index is 830. The number of nitrogens with two attached hydrogens (primary N) is 1. The smallest absolute Gasteiger partial charge is 0.341 e. The third kappa shape index (κ3) is 4.92. The Balaban J connectivity index is 2.15. The van der Waals surface area contributed by atoms with E-state index in [1.165, 1.54) is 0 Å². The van der Waals surface area contributed by atoms with Crippen LogP contribution in [0.2, 0.25) is 0 Å². The van der Waals surface area contributed by atoms with Gasteiger partial charge in [0, 0.05) is 19.2 Å². The molecule has 0 aromatic carbocycles. The van der Waals surface area contributed by atoms with Crippen molar-refractivity contribution < 1.29 is 19.1 Å². The van der Waals surface area contributed by atoms with Crippen LogP contribution in [0.15, 0.2) is 16.9 Å². The summed E-state index contributed by atoms with van der Waals surface area (Å²) in [5.41, 5.74) is 5.94. The number of halogens is 1. The monoisotopic (exact) mass is 442 g/mol. The van der Waals surface area contributed by atoms with Crippen LogP contribution in [0, 0.1) is 6.92 Å². The van der Waals surface area contributed by atoms with Crippen molar-refractivity contribution in [3.8, 4) is 0 Å². The molecule has 0 spiro atoms. The van der Waals surface area contributed by atoms with Gasteiger partial charge in [-0.3, -0.25) is 14.3 Å². The van der Waals surface area contributed by atoms with E-state index in [2.05, 4.69) is 26.3 Å². The van der Waals surface area contributed by atoms with Crippen LogP contribution in [0.3, 0.4) is 0 Å². The molecular weight excluding hydrogens is 424 g/mol. The zero-order valence-electron chi connectivity index (χ0n) is 14.4. The maximum atomic E-state index is 12.3. The Labute approximate surface area is 162 Å². The van der Waals surface area contributed by atoms with Gasteiger partial charge in [0.1, 0.15) is 5.00 Å². The van der Waals surface area contributed by atoms with Crippen LogP contribution in [-0.4, -0.2) is 34.2 Å². The summed E-state index contributed by atoms with van der Waals surface area (Å²) in [5, 5.41) is 7.02. The minimum Gasteiger partial charge on any atom is -0.462 e. The maximum Gasteiger partial charge on any atom is 0.341 e. The average molecular weight is 443 g/mol. The summed E-state index contributed by atoms with van der Waals surface area (Å²) in [6, 6.07) is 0. The number of rotatable bonds is 8. The van der Waals surface area contributed by atoms with E-state index in [9.17, 15) is 14.4 Å². The van der Waals surface area contributed by atoms with Crippen LogP contribution in [0.1, 0.15) is 45.4 Å². The van der Waals surface area contributed by atoms with Crippen LogP contribution in [0.5, 0.6) is 0 Å². The predicted molar refractivity (Wildman–Crippen MR) is 101 cm³/mol. The van der Waals surface area contributed by atoms with Gasteiger partial charge in [-0.25, -0.2) is 4.79 Å². The summed E-state index contributed by atoms with van der Waals surface area (Å²) in [6.45, 7) is 4.11. The molecule has 0 unspecified atom stereocenters. The summed E-state index contributed by atoms with van der Waals surface area (Å²) in [4.78, 5) is 36.3. The summed E-state index contributed by atoms with van der Waals surface area (Å²) >= 11 is 4.26. The molecule has 0 aliphatic heterocycles. The predicted octanol–water partition coefficient (Wildman–Crippen LogP) is 2.71. The Kier molecular flexibility index (Phi) is 6.92. The van der Waals surface area contributed by atoms with Crippen molar-refractivity contribution >= 4 is 50.1 Å². The van der Waals surface area contributed by atoms with Crippen molar-refractivity contribution in [3.05, 3.63) is 32.9 Å². The molecule has 140 valence electrons. The number of nitrogens with one attached hydrogen (secondary N) is 1. The molecule has 8 nitrogen and oxygen atoms in total. The maximum absolute atomic E-state index is 12.3. The highest BCUT2D eigenvalue weighted by atomic mass is 79.9. The molecule has 2 heterocycles. The lowest BCUT2D eigenvalue weighted by atomic mass is 10.1. The van der Waals surface area contributed by atoms with Crippen molar-refractivity contribution in [2.75, 3.05) is 11.9 Å². The van der Waals surface area contributed by atoms with Gasteiger partial charge in [0.25, 0.3) is 5.91 Å². The van der Waals surface area contributed by atoms with E-state index >= 15 is 0 Å². The number of anilines is 1. The zero-order valence-corrected chi connectivity index (χ0v) is 16.8. The van der Waals surface area contributed by atoms with Crippen molar-refractivity contribution in [2.45, 2.75) is 33.2 Å². The fourth-order valence-electron chi connectivity index (χ4n) is 2.22. The fraction of sp³-hybridized carbons (Fsp3) is 0.375. The number of esters is 1. The molecule has 2 rings (SSSR count). The molecule has 26 heavy (non-hydrogen) atoms. The standard InChI is InChI=1S/C16H19BrN4O4S/c1-3-6-25-16(24)12-9(2)13(14(18)23)26-15(12)20-11(22)4-5-21-8-10(17)7-19-21/h7-8H,3-6H2,1-2H3,(H2,18,23)(H,20,22). The molecule has 3 N–H and O–H groups in total. The SMILES string of the molecule is CCCOC(=O)c1c(NC(=O)CCn2cc(Br)cn2)sc(C(N)=O)c1C. The number of nitrogens with zero attached hydrogens (tertiary/aromatic N) is 2. The van der Waals surface area contributed by atoms with Crippen molar-refractivity contribution in [1.29, 1.82) is 0 Å². The van der Waals surface area contributed by atoms with E-state index in [1.807, 2.05) is 6.92 Å². The van der Waals surface area contributed by atoms with Crippen LogP contribution in [0.25, 0.3) is 0 Å². The first kappa shape index (κ1) is 20.1. The number of carbonyl (C=O) groups is 3. The molecular formula is C16H19BrN4O4S. The van der Waals surface area contributed by atoms with Gasteiger partial charge >= 0.3 is 5.97 Å². The second-order valence-electron chi connectivity index (χ2n) is 5.48. The first-order chi connectivity index (χ1) is 12.3. The summed E-state index contributed by atoms with van der Waals surface area (Å²) in [6.07, 6.45) is 4.20. The van der Waals surface area contributed by atoms with Crippen molar-refractivity contribution in [1.82, 2.24) is 9.78 Å². The van der Waals surface area contributed by atoms with Gasteiger partial charge in [0.2, 0.25) is 5.91 Å². The van der Waals surface area contributed by atoms with Gasteiger partial charge in [-0.2, -0.15) is 5.10 Å². The fourth-order valence-corrected chi connectivity index (χ4v) is 3.61. The van der Waals surface area contributed by atoms with Crippen LogP contribution < -0.4 is 11.1 Å². The number of aromatic nitrogens is 2. The molecule has 0 aliphatic rings. The second-order valence-corrected chi connectivity index (χ2v) is 7.42. The summed E-state index contributed by atoms with van der Waals surface area (Å²) in [7, 11) is 0. The number of hydrogen-bond donors (Lipinski definition) is 2. The Hall–Kier alpha value is -2.20. The minimum absolute atomic E-state index is 0.153. The number of carbonyl (C=O) groups excluding carboxylic acids is 3. The number of thiophene rings is 1. The van der Waals surface area contributed by atoms with Crippen molar-refractivity contribution in [2.24, 2.45) is 5.73 Å². The van der Waals surface area contributed by atoms with Crippen LogP contribution in [-0.2, 0) is 16.1 Å². The first-order valence-electron chi connectivity index (χ1n) is 7.91. The highest BCUT2D eigenvalue weighted by Gasteiger charge is 2.25. The summed E-state index contributed by atoms with van der Waals surface area (Å²) in [5.74, 6) is -1.54. The highest BCUT2D eigenvalue weighted by Crippen LogP contribution is 2.33. The first-order valence-corrected chi connectivity index (χ1v) is 9.52. The average Bonchev–Trinajstić information content (AvgIpc) is 3.14. The molecule has 2 amide bonds. The molecule has 10 heteroatoms. The topological polar surface area (TPSA) is 116 Å². The van der Waals surface area contributed by atoms with E-state index < -0.39 is 11.9 Å². The van der Waals surface area contributed by atoms with E-state index in [0.29, 0.717) is 18.5 Å². The molecule has 0 fully saturated rings. The molecule has 0 radical (unpaired) electrons. The number of hydrogen-bond acceptors (Lipinski definition) is 6. The normalized spacial score (nSPS) is 10.6. The van der Waals surface area contributed by atoms with Gasteiger partial charge in [0.05, 0.1) is 27.7 Å². The quantitative estimate of drug-likeness (QED) is 0.609. The number of primary amides is 1. The Morgan fingerprint density at radius 1 is 1.42 bits per heavy atom. The molecule has 0 bridgehead atoms. The lowest BCUT2D eigenvalue weighted by Gasteiger charge is -2.08. The minimum atomic E-state index is -0.654. The third-order valence-corrected chi connectivity index (χ3v) is 5.07. The molecule has 2 aromatic rings. The Morgan fingerprint density at radius 2 is 2.15 bits per heavy atom. The number of aryl methyl sites for hydroxylation is 1. The highest BCUT2D eigenvalue weighted by molar-refractivity contribution is 9.10. The third-order valence-electron chi connectivity index (χ3n) is 3.43. The lowest BCUT2D eigenvalue weighted by molar-refractivity contribution is -0.116. The lowest BCUT2D eigenvalue weighted by Crippen LogP contribution is -2.17. The van der Waals surface area contributed by atoms with E-state index in [-0.39, 0.29) is 34.4 Å². The van der Waals surface area contributed by atoms with Gasteiger partial charge < -0.3 is 15.8 Å². The van der Waals surface area contributed by atoms with E-state index in [4.69, 9.17) is 10.5 Å². The molecule has 2 aromatic heterocycles. The summed E-state index contributed by atoms with van der Waals surface area (Å²) < 4.78 is 7.59. The van der Waals surface area contributed by atoms with Gasteiger partial charge in [-0.05, 0) is 34.8 Å². The van der Waals surface area contributed by atoms with E-state index in [0.717, 1.165) is 15.8 Å². The molecule has 0 aliphatic carbocycles. The molecule has 0 saturated heterocycles. The van der Waals surface area contributed by atoms with Gasteiger partial charge in [0.15, 0.2) is 0 Å². The Morgan fingerprint density at radius 3 is 2.73 bits per heavy atom. The molecule has 0 saturated carbocycles. The van der Waals surface area contributed by atoms with Gasteiger partial charge in [-0.1, -0.05) is 6.92 Å². The van der Waals surface area contributed by atoms with E-state index in [1.54, 1.807) is 24.0 Å². The number of amides is 2. The number of ether oxygens (including phenoxy) is 1. The van der Waals surface area contributed by atoms with Crippen molar-refractivity contribution in [3.63, 3.8) is 0 Å². The molecule has 0 atom stereocenters. The zero-order chi connectivity index (χ0) is 19.3. The van der Waals surface area contributed by atoms with Crippen LogP contribution >= 0.6 is 27.3 Å². The largest absolute Gasteiger partial charge is 0.462 e. The van der Waals surface area contributed by atoms with Gasteiger partial charge in [-0.15, -0.1) is 11.3 Å².